The van der Waals surface area contributed by atoms with E-state index in [1.165, 1.54) is 5.56 Å². The van der Waals surface area contributed by atoms with Gasteiger partial charge in [-0.05, 0) is 54.4 Å². The van der Waals surface area contributed by atoms with Crippen LogP contribution in [0.3, 0.4) is 0 Å². The van der Waals surface area contributed by atoms with Crippen LogP contribution in [0.2, 0.25) is 0 Å². The van der Waals surface area contributed by atoms with Crippen LogP contribution in [0.1, 0.15) is 28.3 Å². The summed E-state index contributed by atoms with van der Waals surface area (Å²) < 4.78 is 120. The second-order valence-electron chi connectivity index (χ2n) is 7.20. The molecule has 0 aromatic heterocycles. The van der Waals surface area contributed by atoms with Crippen LogP contribution in [0, 0.1) is 18.6 Å². The molecule has 190 valence electrons. The number of alkyl halides is 7. The van der Waals surface area contributed by atoms with E-state index in [4.69, 9.17) is 5.73 Å². The fraction of sp³-hybridized carbons (Fsp3) is 0.217. The number of aryl methyl sites for hydroxylation is 1. The molecule has 0 radical (unpaired) electrons. The van der Waals surface area contributed by atoms with Crippen LogP contribution in [0.5, 0.6) is 5.75 Å². The second kappa shape index (κ2) is 11.3. The normalized spacial score (nSPS) is 12.7. The van der Waals surface area contributed by atoms with Crippen molar-refractivity contribution in [3.63, 3.8) is 0 Å². The molecule has 0 saturated carbocycles. The summed E-state index contributed by atoms with van der Waals surface area (Å²) in [5.41, 5.74) is 4.69. The molecule has 0 aliphatic rings. The van der Waals surface area contributed by atoms with Crippen LogP contribution in [0.4, 0.5) is 39.5 Å². The van der Waals surface area contributed by atoms with Gasteiger partial charge in [-0.3, -0.25) is 0 Å². The molecule has 2 N–H and O–H groups in total. The number of ether oxygens (including phenoxy) is 1. The van der Waals surface area contributed by atoms with Crippen LogP contribution in [-0.4, -0.2) is 12.5 Å². The summed E-state index contributed by atoms with van der Waals surface area (Å²) in [5, 5.41) is 0. The molecule has 1 atom stereocenters. The van der Waals surface area contributed by atoms with Crippen molar-refractivity contribution in [3.8, 4) is 5.75 Å². The highest BCUT2D eigenvalue weighted by Gasteiger charge is 2.44. The molecule has 0 aliphatic carbocycles. The number of benzene rings is 3. The van der Waals surface area contributed by atoms with E-state index < -0.39 is 47.7 Å². The van der Waals surface area contributed by atoms with E-state index in [0.29, 0.717) is 30.3 Å². The largest absolute Gasteiger partial charge is 0.461 e. The van der Waals surface area contributed by atoms with Crippen LogP contribution in [0.15, 0.2) is 65.1 Å². The van der Waals surface area contributed by atoms with Crippen molar-refractivity contribution in [2.75, 3.05) is 0 Å². The molecule has 1 unspecified atom stereocenters. The Hall–Kier alpha value is -2.73. The molecule has 2 nitrogen and oxygen atoms in total. The Kier molecular flexibility index (Phi) is 9.23. The zero-order valence-corrected chi connectivity index (χ0v) is 19.3. The zero-order valence-electron chi connectivity index (χ0n) is 17.7. The lowest BCUT2D eigenvalue weighted by atomic mass is 9.97. The standard InChI is InChI=1S/C16H10F9NO.C7H7Br/c17-9-3-8(4-10(6-9)27-16(24,25)14(19)20)13(26)7-1-2-12(18)11(5-7)15(21,22)23;1-6-2-4-7(8)5-3-6/h1-6,13-14H,26H2;2-5H,1H3. The fourth-order valence-electron chi connectivity index (χ4n) is 2.70. The molecule has 0 fully saturated rings. The molecule has 35 heavy (non-hydrogen) atoms. The molecule has 3 rings (SSSR count). The maximum absolute atomic E-state index is 13.6. The first kappa shape index (κ1) is 28.5. The van der Waals surface area contributed by atoms with Crippen LogP contribution >= 0.6 is 15.9 Å². The SMILES string of the molecule is Cc1ccc(Br)cc1.NC(c1cc(F)cc(OC(F)(F)C(F)F)c1)c1ccc(F)c(C(F)(F)F)c1. The maximum atomic E-state index is 13.6. The van der Waals surface area contributed by atoms with Gasteiger partial charge in [0, 0.05) is 10.5 Å². The van der Waals surface area contributed by atoms with Gasteiger partial charge in [0.15, 0.2) is 0 Å². The molecule has 0 saturated heterocycles. The lowest BCUT2D eigenvalue weighted by Gasteiger charge is -2.19. The van der Waals surface area contributed by atoms with Gasteiger partial charge >= 0.3 is 18.7 Å². The molecule has 0 aliphatic heterocycles. The predicted molar refractivity (Wildman–Crippen MR) is 114 cm³/mol. The van der Waals surface area contributed by atoms with Crippen LogP contribution < -0.4 is 10.5 Å². The van der Waals surface area contributed by atoms with Crippen molar-refractivity contribution < 1.29 is 44.3 Å². The van der Waals surface area contributed by atoms with E-state index >= 15 is 0 Å². The summed E-state index contributed by atoms with van der Waals surface area (Å²) in [6.07, 6.45) is -14.2. The average Bonchev–Trinajstić information content (AvgIpc) is 2.74. The second-order valence-corrected chi connectivity index (χ2v) is 8.11. The summed E-state index contributed by atoms with van der Waals surface area (Å²) in [6.45, 7) is 2.08. The summed E-state index contributed by atoms with van der Waals surface area (Å²) in [4.78, 5) is 0. The summed E-state index contributed by atoms with van der Waals surface area (Å²) in [6, 6.07) is 10.2. The first-order valence-corrected chi connectivity index (χ1v) is 10.4. The summed E-state index contributed by atoms with van der Waals surface area (Å²) >= 11 is 3.35. The van der Waals surface area contributed by atoms with Gasteiger partial charge in [-0.25, -0.2) is 8.78 Å². The van der Waals surface area contributed by atoms with Crippen molar-refractivity contribution in [1.82, 2.24) is 0 Å². The monoisotopic (exact) mass is 573 g/mol. The Morgan fingerprint density at radius 2 is 1.43 bits per heavy atom. The van der Waals surface area contributed by atoms with Crippen LogP contribution in [0.25, 0.3) is 0 Å². The Labute approximate surface area is 202 Å². The van der Waals surface area contributed by atoms with Crippen molar-refractivity contribution in [3.05, 3.63) is 99.0 Å². The average molecular weight is 574 g/mol. The fourth-order valence-corrected chi connectivity index (χ4v) is 2.97. The molecule has 3 aromatic rings. The van der Waals surface area contributed by atoms with Gasteiger partial charge in [0.2, 0.25) is 0 Å². The number of hydrogen-bond donors (Lipinski definition) is 1. The van der Waals surface area contributed by atoms with E-state index in [9.17, 15) is 39.5 Å². The summed E-state index contributed by atoms with van der Waals surface area (Å²) in [5.74, 6) is -3.79. The Bertz CT molecular complexity index is 1110. The van der Waals surface area contributed by atoms with Crippen molar-refractivity contribution in [2.45, 2.75) is 31.7 Å². The highest BCUT2D eigenvalue weighted by Crippen LogP contribution is 2.35. The molecule has 0 heterocycles. The van der Waals surface area contributed by atoms with E-state index in [1.807, 2.05) is 12.1 Å². The van der Waals surface area contributed by atoms with Crippen molar-refractivity contribution >= 4 is 15.9 Å². The van der Waals surface area contributed by atoms with E-state index in [-0.39, 0.29) is 11.1 Å². The molecule has 0 bridgehead atoms. The molecular formula is C23H17BrF9NO. The topological polar surface area (TPSA) is 35.2 Å². The summed E-state index contributed by atoms with van der Waals surface area (Å²) in [7, 11) is 0. The van der Waals surface area contributed by atoms with E-state index in [2.05, 4.69) is 39.7 Å². The Morgan fingerprint density at radius 1 is 0.829 bits per heavy atom. The molecule has 0 spiro atoms. The third kappa shape index (κ3) is 8.17. The lowest BCUT2D eigenvalue weighted by molar-refractivity contribution is -0.253. The van der Waals surface area contributed by atoms with Gasteiger partial charge in [-0.1, -0.05) is 39.7 Å². The lowest BCUT2D eigenvalue weighted by Crippen LogP contribution is -2.33. The highest BCUT2D eigenvalue weighted by molar-refractivity contribution is 9.10. The van der Waals surface area contributed by atoms with Gasteiger partial charge < -0.3 is 10.5 Å². The number of halogens is 10. The molecule has 12 heteroatoms. The molecular weight excluding hydrogens is 557 g/mol. The minimum absolute atomic E-state index is 0.319. The molecule has 0 amide bonds. The van der Waals surface area contributed by atoms with Crippen molar-refractivity contribution in [1.29, 1.82) is 0 Å². The quantitative estimate of drug-likeness (QED) is 0.314. The third-order valence-electron chi connectivity index (χ3n) is 4.43. The van der Waals surface area contributed by atoms with Gasteiger partial charge in [0.25, 0.3) is 0 Å². The van der Waals surface area contributed by atoms with E-state index in [0.717, 1.165) is 10.5 Å². The molecule has 3 aromatic carbocycles. The third-order valence-corrected chi connectivity index (χ3v) is 4.96. The Balaban J connectivity index is 0.000000456. The minimum atomic E-state index is -5.03. The minimum Gasteiger partial charge on any atom is -0.428 e. The van der Waals surface area contributed by atoms with E-state index in [1.54, 1.807) is 0 Å². The zero-order chi connectivity index (χ0) is 26.6. The predicted octanol–water partition coefficient (Wildman–Crippen LogP) is 8.03. The Morgan fingerprint density at radius 3 is 1.94 bits per heavy atom. The van der Waals surface area contributed by atoms with Gasteiger partial charge in [-0.2, -0.15) is 30.7 Å². The first-order chi connectivity index (χ1) is 16.1. The van der Waals surface area contributed by atoms with Gasteiger partial charge in [0.1, 0.15) is 17.4 Å². The highest BCUT2D eigenvalue weighted by atomic mass is 79.9. The first-order valence-electron chi connectivity index (χ1n) is 9.60. The number of nitrogens with two attached hydrogens (primary N) is 1. The van der Waals surface area contributed by atoms with Crippen LogP contribution in [-0.2, 0) is 6.18 Å². The van der Waals surface area contributed by atoms with Gasteiger partial charge in [0.05, 0.1) is 11.6 Å². The number of hydrogen-bond acceptors (Lipinski definition) is 2. The maximum Gasteiger partial charge on any atom is 0.461 e. The smallest absolute Gasteiger partial charge is 0.428 e. The number of rotatable bonds is 5. The van der Waals surface area contributed by atoms with Gasteiger partial charge in [-0.15, -0.1) is 0 Å². The van der Waals surface area contributed by atoms with Crippen molar-refractivity contribution in [2.24, 2.45) is 5.73 Å².